The highest BCUT2D eigenvalue weighted by atomic mass is 16.5. The Morgan fingerprint density at radius 3 is 2.08 bits per heavy atom. The fraction of sp³-hybridized carbons (Fsp3) is 0.308. The minimum absolute atomic E-state index is 0.196. The van der Waals surface area contributed by atoms with Crippen LogP contribution in [0.1, 0.15) is 27.6 Å². The molecule has 0 spiro atoms. The van der Waals surface area contributed by atoms with Gasteiger partial charge in [0.1, 0.15) is 5.92 Å². The van der Waals surface area contributed by atoms with E-state index in [2.05, 4.69) is 16.2 Å². The first-order valence-corrected chi connectivity index (χ1v) is 11.5. The van der Waals surface area contributed by atoms with Gasteiger partial charge in [0.25, 0.3) is 11.8 Å². The fourth-order valence-electron chi connectivity index (χ4n) is 4.67. The predicted molar refractivity (Wildman–Crippen MR) is 133 cm³/mol. The highest BCUT2D eigenvalue weighted by Gasteiger charge is 2.59. The molecule has 4 rings (SSSR count). The lowest BCUT2D eigenvalue weighted by atomic mass is 9.76. The van der Waals surface area contributed by atoms with Gasteiger partial charge >= 0.3 is 5.97 Å². The molecule has 2 bridgehead atoms. The van der Waals surface area contributed by atoms with Crippen molar-refractivity contribution in [2.24, 2.45) is 11.8 Å². The summed E-state index contributed by atoms with van der Waals surface area (Å²) in [6, 6.07) is 8.96. The van der Waals surface area contributed by atoms with Crippen molar-refractivity contribution in [3.05, 3.63) is 59.7 Å². The quantitative estimate of drug-likeness (QED) is 0.297. The number of methoxy groups -OCH3 is 3. The number of carboxylic acids is 1. The number of hydrogen-bond acceptors (Lipinski definition) is 8. The molecule has 2 heterocycles. The van der Waals surface area contributed by atoms with Gasteiger partial charge in [-0.25, -0.2) is 0 Å². The van der Waals surface area contributed by atoms with Crippen molar-refractivity contribution in [3.8, 4) is 17.2 Å². The molecule has 200 valence electrons. The van der Waals surface area contributed by atoms with Crippen LogP contribution in [0.15, 0.2) is 48.6 Å². The second-order valence-corrected chi connectivity index (χ2v) is 8.86. The molecule has 38 heavy (non-hydrogen) atoms. The lowest BCUT2D eigenvalue weighted by Gasteiger charge is -2.27. The molecule has 0 radical (unpaired) electrons. The van der Waals surface area contributed by atoms with Crippen LogP contribution >= 0.6 is 0 Å². The fourth-order valence-corrected chi connectivity index (χ4v) is 4.67. The molecule has 2 aliphatic heterocycles. The van der Waals surface area contributed by atoms with Gasteiger partial charge in [-0.05, 0) is 43.3 Å². The van der Waals surface area contributed by atoms with Gasteiger partial charge < -0.3 is 29.4 Å². The maximum absolute atomic E-state index is 12.8. The molecule has 2 aromatic carbocycles. The zero-order valence-corrected chi connectivity index (χ0v) is 21.1. The normalized spacial score (nSPS) is 22.9. The molecule has 1 fully saturated rings. The monoisotopic (exact) mass is 525 g/mol. The number of ether oxygens (including phenoxy) is 4. The van der Waals surface area contributed by atoms with Crippen LogP contribution in [0.25, 0.3) is 0 Å². The summed E-state index contributed by atoms with van der Waals surface area (Å²) >= 11 is 0. The van der Waals surface area contributed by atoms with E-state index in [1.165, 1.54) is 57.7 Å². The Hall–Kier alpha value is -4.58. The van der Waals surface area contributed by atoms with Crippen LogP contribution in [-0.4, -0.2) is 61.8 Å². The van der Waals surface area contributed by atoms with Crippen LogP contribution in [0.3, 0.4) is 0 Å². The highest BCUT2D eigenvalue weighted by Crippen LogP contribution is 2.47. The molecule has 4 atom stereocenters. The lowest BCUT2D eigenvalue weighted by molar-refractivity contribution is -0.147. The minimum atomic E-state index is -1.15. The van der Waals surface area contributed by atoms with Crippen LogP contribution in [0.2, 0.25) is 0 Å². The largest absolute Gasteiger partial charge is 0.493 e. The smallest absolute Gasteiger partial charge is 0.310 e. The number of fused-ring (bicyclic) bond motifs is 2. The molecule has 4 N–H and O–H groups in total. The number of benzene rings is 2. The first-order chi connectivity index (χ1) is 18.1. The number of aliphatic carboxylic acids is 1. The summed E-state index contributed by atoms with van der Waals surface area (Å²) in [4.78, 5) is 49.8. The van der Waals surface area contributed by atoms with Crippen molar-refractivity contribution < 1.29 is 43.2 Å². The van der Waals surface area contributed by atoms with Crippen molar-refractivity contribution >= 4 is 29.4 Å². The number of anilines is 1. The number of hydrazine groups is 1. The molecule has 0 unspecified atom stereocenters. The minimum Gasteiger partial charge on any atom is -0.493 e. The zero-order chi connectivity index (χ0) is 27.6. The number of amides is 3. The Kier molecular flexibility index (Phi) is 7.26. The number of rotatable bonds is 8. The van der Waals surface area contributed by atoms with Crippen molar-refractivity contribution in [1.29, 1.82) is 0 Å². The van der Waals surface area contributed by atoms with E-state index >= 15 is 0 Å². The van der Waals surface area contributed by atoms with E-state index in [1.807, 2.05) is 0 Å². The number of carbonyl (C=O) groups excluding carboxylic acids is 3. The Labute approximate surface area is 217 Å². The van der Waals surface area contributed by atoms with Crippen LogP contribution in [-0.2, 0) is 14.3 Å². The van der Waals surface area contributed by atoms with Crippen molar-refractivity contribution in [2.75, 3.05) is 26.6 Å². The Balaban J connectivity index is 1.38. The Morgan fingerprint density at radius 2 is 1.53 bits per heavy atom. The van der Waals surface area contributed by atoms with Crippen molar-refractivity contribution in [3.63, 3.8) is 0 Å². The summed E-state index contributed by atoms with van der Waals surface area (Å²) in [7, 11) is 4.34. The first-order valence-electron chi connectivity index (χ1n) is 11.5. The van der Waals surface area contributed by atoms with Crippen LogP contribution in [0.4, 0.5) is 5.69 Å². The van der Waals surface area contributed by atoms with E-state index < -0.39 is 47.2 Å². The van der Waals surface area contributed by atoms with E-state index in [4.69, 9.17) is 18.9 Å². The van der Waals surface area contributed by atoms with Crippen LogP contribution < -0.4 is 30.4 Å². The van der Waals surface area contributed by atoms with Gasteiger partial charge in [0.2, 0.25) is 11.7 Å². The van der Waals surface area contributed by atoms with Crippen molar-refractivity contribution in [1.82, 2.24) is 10.9 Å². The SMILES string of the molecule is COc1cc(C(=O)Nc2ccc(C(=O)NNC(=O)[C@@H]3[C@@H](C(=O)O)[C@H]4C=C[C@@]3(C)O4)cc2)cc(OC)c1OC. The third-order valence-corrected chi connectivity index (χ3v) is 6.54. The third kappa shape index (κ3) is 4.85. The summed E-state index contributed by atoms with van der Waals surface area (Å²) in [6.07, 6.45) is 2.59. The summed E-state index contributed by atoms with van der Waals surface area (Å²) in [5.74, 6) is -3.97. The second-order valence-electron chi connectivity index (χ2n) is 8.86. The van der Waals surface area contributed by atoms with Gasteiger partial charge in [0.05, 0.1) is 39.0 Å². The van der Waals surface area contributed by atoms with E-state index in [0.29, 0.717) is 22.9 Å². The third-order valence-electron chi connectivity index (χ3n) is 6.54. The standard InChI is InChI=1S/C26H27N3O9/c1-26-10-9-16(38-26)19(25(33)34)20(26)24(32)29-28-23(31)13-5-7-15(8-6-13)27-22(30)14-11-17(35-2)21(37-4)18(12-14)36-3/h5-12,16,19-20H,1-4H3,(H,27,30)(H,28,31)(H,29,32)(H,33,34)/t16-,19+,20+,26-/m1/s1. The molecule has 2 aliphatic rings. The number of hydrogen-bond donors (Lipinski definition) is 4. The average molecular weight is 526 g/mol. The van der Waals surface area contributed by atoms with E-state index in [9.17, 15) is 24.3 Å². The van der Waals surface area contributed by atoms with E-state index in [-0.39, 0.29) is 11.1 Å². The molecule has 2 aromatic rings. The Morgan fingerprint density at radius 1 is 0.895 bits per heavy atom. The van der Waals surface area contributed by atoms with Crippen LogP contribution in [0.5, 0.6) is 17.2 Å². The van der Waals surface area contributed by atoms with E-state index in [1.54, 1.807) is 19.1 Å². The summed E-state index contributed by atoms with van der Waals surface area (Å²) in [5.41, 5.74) is 4.39. The van der Waals surface area contributed by atoms with Gasteiger partial charge in [-0.1, -0.05) is 12.2 Å². The molecule has 12 heteroatoms. The molecule has 1 saturated heterocycles. The second kappa shape index (κ2) is 10.4. The maximum atomic E-state index is 12.8. The highest BCUT2D eigenvalue weighted by molar-refractivity contribution is 6.05. The topological polar surface area (TPSA) is 162 Å². The lowest BCUT2D eigenvalue weighted by Crippen LogP contribution is -2.52. The molecular formula is C26H27N3O9. The molecular weight excluding hydrogens is 498 g/mol. The predicted octanol–water partition coefficient (Wildman–Crippen LogP) is 1.77. The average Bonchev–Trinajstić information content (AvgIpc) is 3.44. The van der Waals surface area contributed by atoms with Gasteiger partial charge in [-0.3, -0.25) is 30.0 Å². The number of nitrogens with one attached hydrogen (secondary N) is 3. The maximum Gasteiger partial charge on any atom is 0.310 e. The first kappa shape index (κ1) is 26.5. The van der Waals surface area contributed by atoms with Crippen molar-refractivity contribution in [2.45, 2.75) is 18.6 Å². The van der Waals surface area contributed by atoms with Gasteiger partial charge in [0, 0.05) is 16.8 Å². The summed E-state index contributed by atoms with van der Waals surface area (Å²) in [6.45, 7) is 1.63. The molecule has 0 saturated carbocycles. The number of carboxylic acid groups (broad SMARTS) is 1. The van der Waals surface area contributed by atoms with Gasteiger partial charge in [-0.2, -0.15) is 0 Å². The molecule has 0 aromatic heterocycles. The van der Waals surface area contributed by atoms with E-state index in [0.717, 1.165) is 0 Å². The van der Waals surface area contributed by atoms with Gasteiger partial charge in [-0.15, -0.1) is 0 Å². The molecule has 3 amide bonds. The summed E-state index contributed by atoms with van der Waals surface area (Å²) < 4.78 is 21.5. The molecule has 12 nitrogen and oxygen atoms in total. The molecule has 0 aliphatic carbocycles. The summed E-state index contributed by atoms with van der Waals surface area (Å²) in [5, 5.41) is 12.3. The van der Waals surface area contributed by atoms with Crippen LogP contribution in [0, 0.1) is 11.8 Å². The Bertz CT molecular complexity index is 1280. The number of carbonyl (C=O) groups is 4. The van der Waals surface area contributed by atoms with Gasteiger partial charge in [0.15, 0.2) is 11.5 Å². The zero-order valence-electron chi connectivity index (χ0n) is 21.1.